The van der Waals surface area contributed by atoms with Gasteiger partial charge in [-0.3, -0.25) is 4.79 Å². The molecule has 1 amide bonds. The molecule has 0 saturated heterocycles. The minimum absolute atomic E-state index is 0.253. The van der Waals surface area contributed by atoms with Crippen LogP contribution in [0.2, 0.25) is 5.02 Å². The molecule has 3 aromatic rings. The van der Waals surface area contributed by atoms with Gasteiger partial charge in [0.25, 0.3) is 5.91 Å². The summed E-state index contributed by atoms with van der Waals surface area (Å²) in [5, 5.41) is 5.20. The molecule has 0 saturated carbocycles. The number of carbonyl (C=O) groups excluding carboxylic acids is 1. The van der Waals surface area contributed by atoms with E-state index in [4.69, 9.17) is 20.8 Å². The number of rotatable bonds is 5. The number of benzene rings is 1. The fourth-order valence-corrected chi connectivity index (χ4v) is 2.85. The predicted octanol–water partition coefficient (Wildman–Crippen LogP) is 4.00. The fraction of sp³-hybridized carbons (Fsp3) is 0.125. The van der Waals surface area contributed by atoms with Gasteiger partial charge in [0.1, 0.15) is 12.0 Å². The van der Waals surface area contributed by atoms with Crippen molar-refractivity contribution in [3.8, 4) is 16.5 Å². The second-order valence-electron chi connectivity index (χ2n) is 4.65. The van der Waals surface area contributed by atoms with Gasteiger partial charge in [-0.25, -0.2) is 4.98 Å². The molecule has 0 atom stereocenters. The molecule has 2 aromatic heterocycles. The molecule has 1 aromatic carbocycles. The van der Waals surface area contributed by atoms with Crippen molar-refractivity contribution in [3.63, 3.8) is 0 Å². The van der Waals surface area contributed by atoms with Crippen molar-refractivity contribution in [2.45, 2.75) is 6.54 Å². The molecule has 7 heteroatoms. The summed E-state index contributed by atoms with van der Waals surface area (Å²) in [4.78, 5) is 17.6. The van der Waals surface area contributed by atoms with Crippen molar-refractivity contribution < 1.29 is 13.9 Å². The summed E-state index contributed by atoms with van der Waals surface area (Å²) in [6.07, 6.45) is 1.53. The van der Waals surface area contributed by atoms with Crippen LogP contribution in [-0.4, -0.2) is 18.0 Å². The van der Waals surface area contributed by atoms with Gasteiger partial charge < -0.3 is 14.5 Å². The number of ether oxygens (including phenoxy) is 1. The number of hydrogen-bond acceptors (Lipinski definition) is 5. The number of hydrogen-bond donors (Lipinski definition) is 1. The molecule has 3 rings (SSSR count). The Morgan fingerprint density at radius 2 is 2.30 bits per heavy atom. The number of methoxy groups -OCH3 is 1. The van der Waals surface area contributed by atoms with Gasteiger partial charge in [-0.1, -0.05) is 17.7 Å². The molecule has 5 nitrogen and oxygen atoms in total. The highest BCUT2D eigenvalue weighted by Gasteiger charge is 2.14. The number of halogens is 1. The van der Waals surface area contributed by atoms with Gasteiger partial charge in [0.15, 0.2) is 0 Å². The van der Waals surface area contributed by atoms with Crippen LogP contribution in [0.15, 0.2) is 46.4 Å². The molecule has 0 bridgehead atoms. The Morgan fingerprint density at radius 3 is 3.04 bits per heavy atom. The summed E-state index contributed by atoms with van der Waals surface area (Å²) >= 11 is 7.48. The Hall–Kier alpha value is -2.31. The van der Waals surface area contributed by atoms with Crippen LogP contribution in [-0.2, 0) is 6.54 Å². The summed E-state index contributed by atoms with van der Waals surface area (Å²) in [6, 6.07) is 8.74. The quantitative estimate of drug-likeness (QED) is 0.757. The molecule has 0 spiro atoms. The van der Waals surface area contributed by atoms with Crippen molar-refractivity contribution in [3.05, 3.63) is 58.3 Å². The summed E-state index contributed by atoms with van der Waals surface area (Å²) in [5.41, 5.74) is 1.02. The van der Waals surface area contributed by atoms with Crippen LogP contribution < -0.4 is 10.1 Å². The topological polar surface area (TPSA) is 64.4 Å². The SMILES string of the molecule is COc1ccc(Cl)cc1C(=O)NCc1coc(-c2cccs2)n1. The van der Waals surface area contributed by atoms with E-state index in [2.05, 4.69) is 10.3 Å². The minimum atomic E-state index is -0.287. The lowest BCUT2D eigenvalue weighted by Gasteiger charge is -2.08. The molecule has 0 aliphatic carbocycles. The van der Waals surface area contributed by atoms with Crippen LogP contribution >= 0.6 is 22.9 Å². The zero-order valence-corrected chi connectivity index (χ0v) is 13.8. The van der Waals surface area contributed by atoms with Gasteiger partial charge >= 0.3 is 0 Å². The zero-order valence-electron chi connectivity index (χ0n) is 12.2. The maximum Gasteiger partial charge on any atom is 0.255 e. The van der Waals surface area contributed by atoms with Crippen LogP contribution in [0, 0.1) is 0 Å². The van der Waals surface area contributed by atoms with Gasteiger partial charge in [0.2, 0.25) is 5.89 Å². The lowest BCUT2D eigenvalue weighted by molar-refractivity contribution is 0.0947. The van der Waals surface area contributed by atoms with Gasteiger partial charge in [-0.2, -0.15) is 0 Å². The fourth-order valence-electron chi connectivity index (χ4n) is 2.03. The van der Waals surface area contributed by atoms with Crippen LogP contribution in [0.5, 0.6) is 5.75 Å². The molecule has 0 aliphatic heterocycles. The van der Waals surface area contributed by atoms with Crippen molar-refractivity contribution in [2.75, 3.05) is 7.11 Å². The van der Waals surface area contributed by atoms with E-state index in [1.807, 2.05) is 17.5 Å². The van der Waals surface area contributed by atoms with Crippen LogP contribution in [0.3, 0.4) is 0 Å². The van der Waals surface area contributed by atoms with Gasteiger partial charge in [-0.15, -0.1) is 11.3 Å². The van der Waals surface area contributed by atoms with E-state index in [-0.39, 0.29) is 12.5 Å². The monoisotopic (exact) mass is 348 g/mol. The highest BCUT2D eigenvalue weighted by molar-refractivity contribution is 7.13. The Balaban J connectivity index is 1.69. The molecular formula is C16H13ClN2O3S. The van der Waals surface area contributed by atoms with Crippen LogP contribution in [0.25, 0.3) is 10.8 Å². The molecule has 118 valence electrons. The van der Waals surface area contributed by atoms with E-state index in [0.29, 0.717) is 27.9 Å². The zero-order chi connectivity index (χ0) is 16.2. The average molecular weight is 349 g/mol. The first-order chi connectivity index (χ1) is 11.2. The number of thiophene rings is 1. The third-order valence-electron chi connectivity index (χ3n) is 3.12. The smallest absolute Gasteiger partial charge is 0.255 e. The molecule has 0 aliphatic rings. The van der Waals surface area contributed by atoms with Crippen LogP contribution in [0.1, 0.15) is 16.1 Å². The first-order valence-electron chi connectivity index (χ1n) is 6.77. The molecule has 0 unspecified atom stereocenters. The summed E-state index contributed by atoms with van der Waals surface area (Å²) < 4.78 is 10.6. The van der Waals surface area contributed by atoms with Crippen molar-refractivity contribution >= 4 is 28.8 Å². The highest BCUT2D eigenvalue weighted by atomic mass is 35.5. The number of nitrogens with one attached hydrogen (secondary N) is 1. The van der Waals surface area contributed by atoms with Crippen molar-refractivity contribution in [1.82, 2.24) is 10.3 Å². The van der Waals surface area contributed by atoms with E-state index in [1.165, 1.54) is 13.4 Å². The highest BCUT2D eigenvalue weighted by Crippen LogP contribution is 2.24. The minimum Gasteiger partial charge on any atom is -0.496 e. The van der Waals surface area contributed by atoms with E-state index in [9.17, 15) is 4.79 Å². The molecular weight excluding hydrogens is 336 g/mol. The van der Waals surface area contributed by atoms with Crippen molar-refractivity contribution in [1.29, 1.82) is 0 Å². The maximum atomic E-state index is 12.3. The van der Waals surface area contributed by atoms with E-state index in [0.717, 1.165) is 4.88 Å². The largest absolute Gasteiger partial charge is 0.496 e. The van der Waals surface area contributed by atoms with Crippen LogP contribution in [0.4, 0.5) is 0 Å². The standard InChI is InChI=1S/C16H13ClN2O3S/c1-21-13-5-4-10(17)7-12(13)15(20)18-8-11-9-22-16(19-11)14-3-2-6-23-14/h2-7,9H,8H2,1H3,(H,18,20). The van der Waals surface area contributed by atoms with Gasteiger partial charge in [-0.05, 0) is 29.6 Å². The Bertz CT molecular complexity index is 815. The third kappa shape index (κ3) is 3.55. The summed E-state index contributed by atoms with van der Waals surface area (Å²) in [6.45, 7) is 0.253. The molecule has 2 heterocycles. The van der Waals surface area contributed by atoms with E-state index >= 15 is 0 Å². The number of carbonyl (C=O) groups is 1. The van der Waals surface area contributed by atoms with Crippen molar-refractivity contribution in [2.24, 2.45) is 0 Å². The van der Waals surface area contributed by atoms with Gasteiger partial charge in [0, 0.05) is 5.02 Å². The summed E-state index contributed by atoms with van der Waals surface area (Å²) in [5.74, 6) is 0.723. The lowest BCUT2D eigenvalue weighted by Crippen LogP contribution is -2.23. The number of nitrogens with zero attached hydrogens (tertiary/aromatic N) is 1. The second kappa shape index (κ2) is 6.85. The predicted molar refractivity (Wildman–Crippen MR) is 89.0 cm³/mol. The first-order valence-corrected chi connectivity index (χ1v) is 8.03. The lowest BCUT2D eigenvalue weighted by atomic mass is 10.2. The summed E-state index contributed by atoms with van der Waals surface area (Å²) in [7, 11) is 1.50. The van der Waals surface area contributed by atoms with E-state index in [1.54, 1.807) is 29.5 Å². The van der Waals surface area contributed by atoms with E-state index < -0.39 is 0 Å². The van der Waals surface area contributed by atoms with Gasteiger partial charge in [0.05, 0.1) is 29.8 Å². The molecule has 23 heavy (non-hydrogen) atoms. The third-order valence-corrected chi connectivity index (χ3v) is 4.21. The number of amides is 1. The number of oxazole rings is 1. The molecule has 1 N–H and O–H groups in total. The first kappa shape index (κ1) is 15.6. The Morgan fingerprint density at radius 1 is 1.43 bits per heavy atom. The molecule has 0 radical (unpaired) electrons. The number of aromatic nitrogens is 1. The normalized spacial score (nSPS) is 10.5. The Kier molecular flexibility index (Phi) is 4.64. The second-order valence-corrected chi connectivity index (χ2v) is 6.03. The maximum absolute atomic E-state index is 12.3. The average Bonchev–Trinajstić information content (AvgIpc) is 3.23. The Labute approximate surface area is 141 Å². The molecule has 0 fully saturated rings.